The van der Waals surface area contributed by atoms with Crippen molar-refractivity contribution in [2.75, 3.05) is 36.8 Å². The lowest BCUT2D eigenvalue weighted by Gasteiger charge is -2.56. The maximum Gasteiger partial charge on any atom is 0.264 e. The zero-order valence-electron chi connectivity index (χ0n) is 27.4. The average molecular weight is 659 g/mol. The third-order valence-electron chi connectivity index (χ3n) is 10.6. The smallest absolute Gasteiger partial charge is 0.264 e. The number of aromatic hydroxyl groups is 1. The lowest BCUT2D eigenvalue weighted by molar-refractivity contribution is -0.0391. The lowest BCUT2D eigenvalue weighted by atomic mass is 9.50. The van der Waals surface area contributed by atoms with E-state index < -0.39 is 15.9 Å². The topological polar surface area (TPSA) is 112 Å². The Kier molecular flexibility index (Phi) is 8.68. The molecule has 5 aliphatic rings. The van der Waals surface area contributed by atoms with Crippen molar-refractivity contribution in [3.63, 3.8) is 0 Å². The normalized spacial score (nSPS) is 25.7. The first-order chi connectivity index (χ1) is 22.5. The van der Waals surface area contributed by atoms with Crippen molar-refractivity contribution in [1.82, 2.24) is 14.6 Å². The maximum atomic E-state index is 13.2. The molecule has 2 heterocycles. The molecule has 0 spiro atoms. The van der Waals surface area contributed by atoms with E-state index in [-0.39, 0.29) is 23.0 Å². The Hall–Kier alpha value is -3.63. The highest BCUT2D eigenvalue weighted by atomic mass is 32.2. The summed E-state index contributed by atoms with van der Waals surface area (Å²) in [6, 6.07) is 15.2. The lowest BCUT2D eigenvalue weighted by Crippen LogP contribution is -2.51. The number of nitrogens with zero attached hydrogens (tertiary/aromatic N) is 3. The Bertz CT molecular complexity index is 1680. The summed E-state index contributed by atoms with van der Waals surface area (Å²) >= 11 is 0. The minimum atomic E-state index is -3.72. The van der Waals surface area contributed by atoms with Crippen molar-refractivity contribution in [2.45, 2.75) is 65.0 Å². The predicted octanol–water partition coefficient (Wildman–Crippen LogP) is 5.84. The molecular formula is C37H46N4O5S. The summed E-state index contributed by atoms with van der Waals surface area (Å²) in [6.07, 6.45) is 9.96. The summed E-state index contributed by atoms with van der Waals surface area (Å²) in [5, 5.41) is 9.96. The quantitative estimate of drug-likeness (QED) is 0.280. The van der Waals surface area contributed by atoms with Crippen molar-refractivity contribution in [2.24, 2.45) is 23.2 Å². The van der Waals surface area contributed by atoms with Crippen LogP contribution in [0, 0.1) is 23.2 Å². The van der Waals surface area contributed by atoms with Gasteiger partial charge in [0.15, 0.2) is 0 Å². The third-order valence-corrected chi connectivity index (χ3v) is 12.1. The molecule has 5 fully saturated rings. The monoisotopic (exact) mass is 658 g/mol. The average Bonchev–Trinajstić information content (AvgIpc) is 2.99. The molecule has 10 heteroatoms. The number of nitrogens with one attached hydrogen (secondary N) is 1. The highest BCUT2D eigenvalue weighted by molar-refractivity contribution is 7.90. The summed E-state index contributed by atoms with van der Waals surface area (Å²) in [6.45, 7) is 8.16. The van der Waals surface area contributed by atoms with Gasteiger partial charge >= 0.3 is 0 Å². The van der Waals surface area contributed by atoms with E-state index in [0.717, 1.165) is 80.1 Å². The van der Waals surface area contributed by atoms with Gasteiger partial charge < -0.3 is 14.7 Å². The molecular weight excluding hydrogens is 612 g/mol. The number of hydrogen-bond acceptors (Lipinski definition) is 8. The van der Waals surface area contributed by atoms with Crippen LogP contribution in [-0.4, -0.2) is 67.4 Å². The number of amides is 1. The minimum absolute atomic E-state index is 0.0391. The highest BCUT2D eigenvalue weighted by Gasteiger charge is 2.52. The van der Waals surface area contributed by atoms with Gasteiger partial charge in [0.25, 0.3) is 5.91 Å². The van der Waals surface area contributed by atoms with E-state index in [9.17, 15) is 18.3 Å². The zero-order chi connectivity index (χ0) is 32.8. The largest absolute Gasteiger partial charge is 0.506 e. The van der Waals surface area contributed by atoms with E-state index in [1.807, 2.05) is 32.0 Å². The van der Waals surface area contributed by atoms with Crippen LogP contribution in [0.2, 0.25) is 0 Å². The van der Waals surface area contributed by atoms with Crippen LogP contribution in [0.5, 0.6) is 11.5 Å². The van der Waals surface area contributed by atoms with Crippen LogP contribution < -0.4 is 14.4 Å². The van der Waals surface area contributed by atoms with E-state index in [4.69, 9.17) is 4.74 Å². The maximum absolute atomic E-state index is 13.2. The number of carbonyl (C=O) groups excluding carboxylic acids is 1. The molecule has 9 nitrogen and oxygen atoms in total. The van der Waals surface area contributed by atoms with Crippen LogP contribution in [0.4, 0.5) is 5.69 Å². The molecule has 2 aromatic carbocycles. The van der Waals surface area contributed by atoms with Crippen LogP contribution in [0.25, 0.3) is 11.1 Å². The molecule has 4 aliphatic carbocycles. The van der Waals surface area contributed by atoms with Crippen molar-refractivity contribution < 1.29 is 23.1 Å². The second kappa shape index (κ2) is 12.8. The van der Waals surface area contributed by atoms with Crippen LogP contribution in [0.1, 0.15) is 68.3 Å². The number of pyridine rings is 1. The van der Waals surface area contributed by atoms with Crippen molar-refractivity contribution >= 4 is 21.6 Å². The van der Waals surface area contributed by atoms with E-state index >= 15 is 0 Å². The molecule has 1 aliphatic heterocycles. The van der Waals surface area contributed by atoms with Gasteiger partial charge in [-0.2, -0.15) is 0 Å². The van der Waals surface area contributed by atoms with Gasteiger partial charge in [-0.1, -0.05) is 0 Å². The van der Waals surface area contributed by atoms with Crippen LogP contribution in [-0.2, 0) is 16.6 Å². The molecule has 250 valence electrons. The molecule has 1 aromatic heterocycles. The molecule has 1 saturated heterocycles. The van der Waals surface area contributed by atoms with Crippen LogP contribution >= 0.6 is 0 Å². The van der Waals surface area contributed by atoms with Crippen molar-refractivity contribution in [3.05, 3.63) is 72.1 Å². The second-order valence-corrected chi connectivity index (χ2v) is 16.6. The summed E-state index contributed by atoms with van der Waals surface area (Å²) < 4.78 is 34.8. The Labute approximate surface area is 278 Å². The van der Waals surface area contributed by atoms with E-state index in [1.54, 1.807) is 24.4 Å². The summed E-state index contributed by atoms with van der Waals surface area (Å²) in [7, 11) is -3.72. The van der Waals surface area contributed by atoms with Gasteiger partial charge in [-0.05, 0) is 135 Å². The number of aromatic nitrogens is 1. The fourth-order valence-electron chi connectivity index (χ4n) is 9.20. The second-order valence-electron chi connectivity index (χ2n) is 14.9. The molecule has 1 amide bonds. The molecule has 2 N–H and O–H groups in total. The van der Waals surface area contributed by atoms with Gasteiger partial charge in [-0.25, -0.2) is 13.1 Å². The minimum Gasteiger partial charge on any atom is -0.506 e. The number of piperazine rings is 1. The van der Waals surface area contributed by atoms with Gasteiger partial charge in [0, 0.05) is 55.7 Å². The molecule has 0 unspecified atom stereocenters. The Morgan fingerprint density at radius 3 is 2.21 bits per heavy atom. The van der Waals surface area contributed by atoms with Crippen LogP contribution in [0.15, 0.2) is 60.9 Å². The predicted molar refractivity (Wildman–Crippen MR) is 183 cm³/mol. The fourth-order valence-corrected chi connectivity index (χ4v) is 10.8. The first-order valence-corrected chi connectivity index (χ1v) is 18.7. The number of anilines is 1. The number of ether oxygens (including phenoxy) is 1. The number of benzene rings is 2. The molecule has 3 aromatic rings. The molecule has 47 heavy (non-hydrogen) atoms. The zero-order valence-corrected chi connectivity index (χ0v) is 28.2. The van der Waals surface area contributed by atoms with E-state index in [0.29, 0.717) is 23.3 Å². The van der Waals surface area contributed by atoms with Crippen LogP contribution in [0.3, 0.4) is 0 Å². The fraction of sp³-hybridized carbons (Fsp3) is 0.514. The molecule has 0 atom stereocenters. The molecule has 4 bridgehead atoms. The van der Waals surface area contributed by atoms with Crippen molar-refractivity contribution in [1.29, 1.82) is 0 Å². The SMILES string of the molecule is CC(C)Oc1cc(CN2CCN(c3ccc(C(=O)NS(=O)(=O)CC45CC6CC(CC(C6)C4)C5)cc3)CC2)cc(-c2cncc(O)c2)c1. The Morgan fingerprint density at radius 1 is 0.936 bits per heavy atom. The van der Waals surface area contributed by atoms with Gasteiger partial charge in [0.05, 0.1) is 18.1 Å². The third kappa shape index (κ3) is 7.44. The van der Waals surface area contributed by atoms with Gasteiger partial charge in [0.2, 0.25) is 10.0 Å². The first-order valence-electron chi connectivity index (χ1n) is 17.1. The molecule has 8 rings (SSSR count). The molecule has 4 saturated carbocycles. The van der Waals surface area contributed by atoms with E-state index in [1.165, 1.54) is 25.5 Å². The standard InChI is InChI=1S/C37H46N4O5S/c1-25(2)46-35-15-29(14-31(17-35)32-16-34(42)22-38-21-32)23-40-7-9-41(10-8-40)33-5-3-30(4-6-33)36(43)39-47(44,45)24-37-18-26-11-27(19-37)13-28(12-26)20-37/h3-6,14-17,21-22,25-28,42H,7-13,18-20,23-24H2,1-2H3,(H,39,43). The summed E-state index contributed by atoms with van der Waals surface area (Å²) in [4.78, 5) is 21.9. The van der Waals surface area contributed by atoms with E-state index in [2.05, 4.69) is 31.6 Å². The number of hydrogen-bond donors (Lipinski definition) is 2. The van der Waals surface area contributed by atoms with Gasteiger partial charge in [-0.3, -0.25) is 14.7 Å². The van der Waals surface area contributed by atoms with Gasteiger partial charge in [0.1, 0.15) is 11.5 Å². The first kappa shape index (κ1) is 31.9. The summed E-state index contributed by atoms with van der Waals surface area (Å²) in [5.41, 5.74) is 4.14. The van der Waals surface area contributed by atoms with Gasteiger partial charge in [-0.15, -0.1) is 0 Å². The molecule has 0 radical (unpaired) electrons. The number of rotatable bonds is 10. The van der Waals surface area contributed by atoms with Crippen molar-refractivity contribution in [3.8, 4) is 22.6 Å². The summed E-state index contributed by atoms with van der Waals surface area (Å²) in [5.74, 6) is 2.44. The highest BCUT2D eigenvalue weighted by Crippen LogP contribution is 2.60. The Morgan fingerprint density at radius 2 is 1.60 bits per heavy atom. The number of sulfonamides is 1. The number of carbonyl (C=O) groups is 1. The Balaban J connectivity index is 0.944.